The second-order valence-corrected chi connectivity index (χ2v) is 6.22. The van der Waals surface area contributed by atoms with Crippen molar-refractivity contribution in [2.45, 2.75) is 13.8 Å². The summed E-state index contributed by atoms with van der Waals surface area (Å²) >= 11 is 0. The number of nitrogens with one attached hydrogen (secondary N) is 2. The number of ether oxygens (including phenoxy) is 2. The fourth-order valence-electron chi connectivity index (χ4n) is 2.66. The molecule has 0 unspecified atom stereocenters. The molecule has 3 aromatic carbocycles. The summed E-state index contributed by atoms with van der Waals surface area (Å²) in [4.78, 5) is 23.7. The van der Waals surface area contributed by atoms with E-state index >= 15 is 0 Å². The molecular weight excluding hydrogens is 368 g/mol. The zero-order chi connectivity index (χ0) is 20.6. The molecule has 0 radical (unpaired) electrons. The molecule has 2 N–H and O–H groups in total. The first-order chi connectivity index (χ1) is 14.0. The molecule has 0 bridgehead atoms. The molecule has 29 heavy (non-hydrogen) atoms. The van der Waals surface area contributed by atoms with Crippen LogP contribution in [-0.4, -0.2) is 18.4 Å². The van der Waals surface area contributed by atoms with E-state index in [0.29, 0.717) is 35.0 Å². The molecule has 3 aromatic rings. The number of carbonyl (C=O) groups excluding carboxylic acids is 2. The zero-order valence-electron chi connectivity index (χ0n) is 16.3. The van der Waals surface area contributed by atoms with Crippen LogP contribution < -0.4 is 20.1 Å². The van der Waals surface area contributed by atoms with Gasteiger partial charge in [-0.1, -0.05) is 12.1 Å². The van der Waals surface area contributed by atoms with Crippen molar-refractivity contribution in [1.82, 2.24) is 0 Å². The fourth-order valence-corrected chi connectivity index (χ4v) is 2.66. The molecule has 6 nitrogen and oxygen atoms in total. The number of amides is 2. The third kappa shape index (κ3) is 5.59. The van der Waals surface area contributed by atoms with Gasteiger partial charge in [-0.3, -0.25) is 9.59 Å². The summed E-state index contributed by atoms with van der Waals surface area (Å²) in [5.41, 5.74) is 1.65. The Hall–Kier alpha value is -3.80. The number of anilines is 2. The van der Waals surface area contributed by atoms with Gasteiger partial charge in [0.2, 0.25) is 5.91 Å². The minimum atomic E-state index is -0.276. The molecule has 2 amide bonds. The van der Waals surface area contributed by atoms with Crippen LogP contribution in [0.4, 0.5) is 11.4 Å². The highest BCUT2D eigenvalue weighted by Crippen LogP contribution is 2.30. The van der Waals surface area contributed by atoms with Gasteiger partial charge in [0.05, 0.1) is 12.3 Å². The van der Waals surface area contributed by atoms with Gasteiger partial charge < -0.3 is 20.1 Å². The van der Waals surface area contributed by atoms with Crippen LogP contribution in [0.3, 0.4) is 0 Å². The molecule has 0 saturated heterocycles. The Morgan fingerprint density at radius 2 is 1.48 bits per heavy atom. The third-order valence-corrected chi connectivity index (χ3v) is 3.97. The van der Waals surface area contributed by atoms with Crippen molar-refractivity contribution in [1.29, 1.82) is 0 Å². The van der Waals surface area contributed by atoms with Crippen LogP contribution >= 0.6 is 0 Å². The van der Waals surface area contributed by atoms with Crippen LogP contribution in [0.5, 0.6) is 17.2 Å². The lowest BCUT2D eigenvalue weighted by atomic mass is 10.2. The van der Waals surface area contributed by atoms with Crippen molar-refractivity contribution in [2.75, 3.05) is 17.2 Å². The Labute approximate surface area is 169 Å². The third-order valence-electron chi connectivity index (χ3n) is 3.97. The van der Waals surface area contributed by atoms with E-state index < -0.39 is 0 Å². The lowest BCUT2D eigenvalue weighted by molar-refractivity contribution is -0.114. The van der Waals surface area contributed by atoms with E-state index in [-0.39, 0.29) is 11.8 Å². The first kappa shape index (κ1) is 19.9. The monoisotopic (exact) mass is 390 g/mol. The normalized spacial score (nSPS) is 10.1. The van der Waals surface area contributed by atoms with E-state index in [4.69, 9.17) is 9.47 Å². The Morgan fingerprint density at radius 1 is 0.828 bits per heavy atom. The zero-order valence-corrected chi connectivity index (χ0v) is 16.3. The number of benzene rings is 3. The predicted octanol–water partition coefficient (Wildman–Crippen LogP) is 5.09. The van der Waals surface area contributed by atoms with Gasteiger partial charge in [-0.2, -0.15) is 0 Å². The second kappa shape index (κ2) is 9.41. The standard InChI is InChI=1S/C23H22N2O4/c1-3-28-19-12-14-20(15-13-19)29-22-7-5-4-6-21(22)25-23(27)17-8-10-18(11-9-17)24-16(2)26/h4-15H,3H2,1-2H3,(H,24,26)(H,25,27). The van der Waals surface area contributed by atoms with Gasteiger partial charge in [-0.25, -0.2) is 0 Å². The van der Waals surface area contributed by atoms with E-state index in [0.717, 1.165) is 5.75 Å². The lowest BCUT2D eigenvalue weighted by Crippen LogP contribution is -2.13. The average Bonchev–Trinajstić information content (AvgIpc) is 2.71. The summed E-state index contributed by atoms with van der Waals surface area (Å²) < 4.78 is 11.4. The Morgan fingerprint density at radius 3 is 2.14 bits per heavy atom. The maximum absolute atomic E-state index is 12.6. The maximum atomic E-state index is 12.6. The van der Waals surface area contributed by atoms with Crippen LogP contribution in [-0.2, 0) is 4.79 Å². The van der Waals surface area contributed by atoms with Crippen molar-refractivity contribution in [3.8, 4) is 17.2 Å². The molecule has 0 atom stereocenters. The number of rotatable bonds is 7. The molecule has 0 heterocycles. The van der Waals surface area contributed by atoms with Crippen molar-refractivity contribution in [3.63, 3.8) is 0 Å². The molecule has 0 saturated carbocycles. The largest absolute Gasteiger partial charge is 0.494 e. The first-order valence-electron chi connectivity index (χ1n) is 9.24. The quantitative estimate of drug-likeness (QED) is 0.589. The topological polar surface area (TPSA) is 76.7 Å². The van der Waals surface area contributed by atoms with Crippen LogP contribution in [0.1, 0.15) is 24.2 Å². The Balaban J connectivity index is 1.71. The highest BCUT2D eigenvalue weighted by Gasteiger charge is 2.11. The summed E-state index contributed by atoms with van der Waals surface area (Å²) in [7, 11) is 0. The molecule has 0 fully saturated rings. The van der Waals surface area contributed by atoms with Gasteiger partial charge in [0.15, 0.2) is 5.75 Å². The van der Waals surface area contributed by atoms with Crippen LogP contribution in [0.15, 0.2) is 72.8 Å². The summed E-state index contributed by atoms with van der Waals surface area (Å²) in [5, 5.41) is 5.53. The van der Waals surface area contributed by atoms with Crippen molar-refractivity contribution in [3.05, 3.63) is 78.4 Å². The smallest absolute Gasteiger partial charge is 0.255 e. The molecular formula is C23H22N2O4. The second-order valence-electron chi connectivity index (χ2n) is 6.22. The van der Waals surface area contributed by atoms with E-state index in [1.54, 1.807) is 36.4 Å². The van der Waals surface area contributed by atoms with Crippen molar-refractivity contribution >= 4 is 23.2 Å². The predicted molar refractivity (Wildman–Crippen MR) is 113 cm³/mol. The summed E-state index contributed by atoms with van der Waals surface area (Å²) in [6.45, 7) is 3.96. The van der Waals surface area contributed by atoms with Gasteiger partial charge in [0.25, 0.3) is 5.91 Å². The van der Waals surface area contributed by atoms with Crippen LogP contribution in [0.2, 0.25) is 0 Å². The van der Waals surface area contributed by atoms with Crippen LogP contribution in [0.25, 0.3) is 0 Å². The van der Waals surface area contributed by atoms with Gasteiger partial charge in [0.1, 0.15) is 11.5 Å². The molecule has 0 aliphatic carbocycles. The fraction of sp³-hybridized carbons (Fsp3) is 0.130. The van der Waals surface area contributed by atoms with Gasteiger partial charge >= 0.3 is 0 Å². The van der Waals surface area contributed by atoms with Gasteiger partial charge in [-0.05, 0) is 67.6 Å². The SMILES string of the molecule is CCOc1ccc(Oc2ccccc2NC(=O)c2ccc(NC(C)=O)cc2)cc1. The molecule has 0 spiro atoms. The molecule has 6 heteroatoms. The van der Waals surface area contributed by atoms with E-state index in [1.807, 2.05) is 43.3 Å². The van der Waals surface area contributed by atoms with Crippen molar-refractivity contribution in [2.24, 2.45) is 0 Å². The number of hydrogen-bond donors (Lipinski definition) is 2. The molecule has 148 valence electrons. The number of para-hydroxylation sites is 2. The molecule has 0 aliphatic rings. The maximum Gasteiger partial charge on any atom is 0.255 e. The van der Waals surface area contributed by atoms with Gasteiger partial charge in [-0.15, -0.1) is 0 Å². The Kier molecular flexibility index (Phi) is 6.47. The summed E-state index contributed by atoms with van der Waals surface area (Å²) in [5.74, 6) is 1.49. The van der Waals surface area contributed by atoms with Crippen LogP contribution in [0, 0.1) is 0 Å². The van der Waals surface area contributed by atoms with Crippen molar-refractivity contribution < 1.29 is 19.1 Å². The summed E-state index contributed by atoms with van der Waals surface area (Å²) in [6.07, 6.45) is 0. The minimum absolute atomic E-state index is 0.164. The molecule has 3 rings (SSSR count). The highest BCUT2D eigenvalue weighted by molar-refractivity contribution is 6.05. The van der Waals surface area contributed by atoms with E-state index in [9.17, 15) is 9.59 Å². The first-order valence-corrected chi connectivity index (χ1v) is 9.24. The van der Waals surface area contributed by atoms with E-state index in [2.05, 4.69) is 10.6 Å². The molecule has 0 aliphatic heterocycles. The average molecular weight is 390 g/mol. The minimum Gasteiger partial charge on any atom is -0.494 e. The van der Waals surface area contributed by atoms with E-state index in [1.165, 1.54) is 6.92 Å². The summed E-state index contributed by atoms with van der Waals surface area (Å²) in [6, 6.07) is 21.1. The number of hydrogen-bond acceptors (Lipinski definition) is 4. The number of carbonyl (C=O) groups is 2. The highest BCUT2D eigenvalue weighted by atomic mass is 16.5. The van der Waals surface area contributed by atoms with Gasteiger partial charge in [0, 0.05) is 18.2 Å². The lowest BCUT2D eigenvalue weighted by Gasteiger charge is -2.13. The molecule has 0 aromatic heterocycles. The Bertz CT molecular complexity index is 983.